The van der Waals surface area contributed by atoms with Crippen LogP contribution in [0, 0.1) is 23.1 Å². The third kappa shape index (κ3) is 4.23. The van der Waals surface area contributed by atoms with Crippen molar-refractivity contribution in [3.05, 3.63) is 35.6 Å². The van der Waals surface area contributed by atoms with Gasteiger partial charge >= 0.3 is 0 Å². The molecular weight excluding hydrogens is 219 g/mol. The van der Waals surface area contributed by atoms with Crippen molar-refractivity contribution < 1.29 is 9.18 Å². The fourth-order valence-electron chi connectivity index (χ4n) is 1.50. The lowest BCUT2D eigenvalue weighted by Gasteiger charge is -2.09. The number of carbonyl (C=O) groups excluding carboxylic acids is 1. The summed E-state index contributed by atoms with van der Waals surface area (Å²) in [5, 5.41) is 11.4. The summed E-state index contributed by atoms with van der Waals surface area (Å²) < 4.78 is 12.9. The first-order valence-electron chi connectivity index (χ1n) is 5.59. The van der Waals surface area contributed by atoms with E-state index in [1.54, 1.807) is 12.1 Å². The molecule has 90 valence electrons. The van der Waals surface area contributed by atoms with Crippen LogP contribution in [-0.2, 0) is 11.3 Å². The van der Waals surface area contributed by atoms with Gasteiger partial charge in [-0.2, -0.15) is 5.26 Å². The summed E-state index contributed by atoms with van der Waals surface area (Å²) >= 11 is 0. The topological polar surface area (TPSA) is 52.9 Å². The van der Waals surface area contributed by atoms with E-state index in [1.165, 1.54) is 12.1 Å². The molecule has 1 rings (SSSR count). The van der Waals surface area contributed by atoms with Crippen LogP contribution in [0.4, 0.5) is 4.39 Å². The van der Waals surface area contributed by atoms with Gasteiger partial charge in [-0.05, 0) is 24.1 Å². The SMILES string of the molecule is CCCC(C#N)C(=O)NCc1cccc(F)c1. The van der Waals surface area contributed by atoms with E-state index >= 15 is 0 Å². The Hall–Kier alpha value is -1.89. The molecule has 0 aliphatic rings. The first-order chi connectivity index (χ1) is 8.17. The molecule has 0 fully saturated rings. The van der Waals surface area contributed by atoms with E-state index in [4.69, 9.17) is 5.26 Å². The number of carbonyl (C=O) groups is 1. The number of nitriles is 1. The maximum atomic E-state index is 12.9. The van der Waals surface area contributed by atoms with Crippen molar-refractivity contribution in [3.63, 3.8) is 0 Å². The van der Waals surface area contributed by atoms with Crippen LogP contribution in [0.25, 0.3) is 0 Å². The summed E-state index contributed by atoms with van der Waals surface area (Å²) in [4.78, 5) is 11.6. The third-order valence-corrected chi connectivity index (χ3v) is 2.41. The fraction of sp³-hybridized carbons (Fsp3) is 0.385. The molecule has 0 saturated heterocycles. The van der Waals surface area contributed by atoms with Crippen molar-refractivity contribution in [2.75, 3.05) is 0 Å². The summed E-state index contributed by atoms with van der Waals surface area (Å²) in [7, 11) is 0. The number of benzene rings is 1. The number of nitrogens with one attached hydrogen (secondary N) is 1. The number of hydrogen-bond donors (Lipinski definition) is 1. The number of halogens is 1. The molecule has 1 aromatic rings. The molecule has 17 heavy (non-hydrogen) atoms. The highest BCUT2D eigenvalue weighted by Gasteiger charge is 2.15. The molecule has 0 heterocycles. The first-order valence-corrected chi connectivity index (χ1v) is 5.59. The Labute approximate surface area is 100 Å². The van der Waals surface area contributed by atoms with Gasteiger partial charge in [0, 0.05) is 6.54 Å². The van der Waals surface area contributed by atoms with Crippen molar-refractivity contribution in [1.82, 2.24) is 5.32 Å². The average Bonchev–Trinajstić information content (AvgIpc) is 2.33. The van der Waals surface area contributed by atoms with Gasteiger partial charge in [-0.25, -0.2) is 4.39 Å². The Morgan fingerprint density at radius 1 is 1.59 bits per heavy atom. The zero-order chi connectivity index (χ0) is 12.7. The molecule has 0 aliphatic heterocycles. The number of nitrogens with zero attached hydrogens (tertiary/aromatic N) is 1. The minimum atomic E-state index is -0.617. The van der Waals surface area contributed by atoms with Crippen LogP contribution >= 0.6 is 0 Å². The van der Waals surface area contributed by atoms with E-state index < -0.39 is 5.92 Å². The molecule has 1 amide bonds. The van der Waals surface area contributed by atoms with Crippen LogP contribution in [0.5, 0.6) is 0 Å². The molecule has 0 spiro atoms. The van der Waals surface area contributed by atoms with Gasteiger partial charge in [-0.1, -0.05) is 25.5 Å². The minimum absolute atomic E-state index is 0.248. The Bertz CT molecular complexity index is 426. The highest BCUT2D eigenvalue weighted by atomic mass is 19.1. The largest absolute Gasteiger partial charge is 0.351 e. The molecule has 0 radical (unpaired) electrons. The molecule has 1 atom stereocenters. The highest BCUT2D eigenvalue weighted by Crippen LogP contribution is 2.07. The second kappa shape index (κ2) is 6.64. The number of amides is 1. The number of rotatable bonds is 5. The van der Waals surface area contributed by atoms with Crippen molar-refractivity contribution in [2.24, 2.45) is 5.92 Å². The van der Waals surface area contributed by atoms with E-state index in [9.17, 15) is 9.18 Å². The van der Waals surface area contributed by atoms with E-state index in [2.05, 4.69) is 5.32 Å². The van der Waals surface area contributed by atoms with Crippen molar-refractivity contribution in [3.8, 4) is 6.07 Å². The zero-order valence-corrected chi connectivity index (χ0v) is 9.74. The Kier molecular flexibility index (Phi) is 5.15. The second-order valence-corrected chi connectivity index (χ2v) is 3.82. The predicted molar refractivity (Wildman–Crippen MR) is 62.3 cm³/mol. The molecule has 0 aliphatic carbocycles. The van der Waals surface area contributed by atoms with Gasteiger partial charge in [0.2, 0.25) is 5.91 Å². The van der Waals surface area contributed by atoms with Crippen LogP contribution in [0.2, 0.25) is 0 Å². The van der Waals surface area contributed by atoms with Crippen LogP contribution in [0.1, 0.15) is 25.3 Å². The van der Waals surface area contributed by atoms with Gasteiger partial charge in [-0.3, -0.25) is 4.79 Å². The smallest absolute Gasteiger partial charge is 0.237 e. The predicted octanol–water partition coefficient (Wildman–Crippen LogP) is 2.38. The zero-order valence-electron chi connectivity index (χ0n) is 9.74. The van der Waals surface area contributed by atoms with Gasteiger partial charge in [0.15, 0.2) is 0 Å². The molecular formula is C13H15FN2O. The van der Waals surface area contributed by atoms with E-state index in [-0.39, 0.29) is 18.3 Å². The van der Waals surface area contributed by atoms with Gasteiger partial charge in [0.05, 0.1) is 6.07 Å². The van der Waals surface area contributed by atoms with E-state index in [1.807, 2.05) is 13.0 Å². The molecule has 0 aromatic heterocycles. The molecule has 3 nitrogen and oxygen atoms in total. The maximum absolute atomic E-state index is 12.9. The molecule has 0 saturated carbocycles. The average molecular weight is 234 g/mol. The second-order valence-electron chi connectivity index (χ2n) is 3.82. The van der Waals surface area contributed by atoms with Crippen LogP contribution < -0.4 is 5.32 Å². The fourth-order valence-corrected chi connectivity index (χ4v) is 1.50. The molecule has 0 bridgehead atoms. The van der Waals surface area contributed by atoms with Gasteiger partial charge < -0.3 is 5.32 Å². The van der Waals surface area contributed by atoms with Gasteiger partial charge in [-0.15, -0.1) is 0 Å². The summed E-state index contributed by atoms with van der Waals surface area (Å²) in [6.07, 6.45) is 1.33. The lowest BCUT2D eigenvalue weighted by Crippen LogP contribution is -2.29. The van der Waals surface area contributed by atoms with Crippen LogP contribution in [0.15, 0.2) is 24.3 Å². The molecule has 1 aromatic carbocycles. The van der Waals surface area contributed by atoms with Crippen LogP contribution in [-0.4, -0.2) is 5.91 Å². The third-order valence-electron chi connectivity index (χ3n) is 2.41. The molecule has 1 unspecified atom stereocenters. The van der Waals surface area contributed by atoms with Gasteiger partial charge in [0.1, 0.15) is 11.7 Å². The Morgan fingerprint density at radius 3 is 2.94 bits per heavy atom. The summed E-state index contributed by atoms with van der Waals surface area (Å²) in [5.74, 6) is -1.24. The summed E-state index contributed by atoms with van der Waals surface area (Å²) in [6, 6.07) is 7.99. The Morgan fingerprint density at radius 2 is 2.35 bits per heavy atom. The summed E-state index contributed by atoms with van der Waals surface area (Å²) in [6.45, 7) is 2.17. The summed E-state index contributed by atoms with van der Waals surface area (Å²) in [5.41, 5.74) is 0.687. The molecule has 4 heteroatoms. The van der Waals surface area contributed by atoms with Crippen molar-refractivity contribution in [2.45, 2.75) is 26.3 Å². The van der Waals surface area contributed by atoms with E-state index in [0.717, 1.165) is 6.42 Å². The number of hydrogen-bond acceptors (Lipinski definition) is 2. The van der Waals surface area contributed by atoms with Crippen LogP contribution in [0.3, 0.4) is 0 Å². The normalized spacial score (nSPS) is 11.6. The Balaban J connectivity index is 2.50. The standard InChI is InChI=1S/C13H15FN2O/c1-2-4-11(8-15)13(17)16-9-10-5-3-6-12(14)7-10/h3,5-7,11H,2,4,9H2,1H3,(H,16,17). The monoisotopic (exact) mass is 234 g/mol. The minimum Gasteiger partial charge on any atom is -0.351 e. The van der Waals surface area contributed by atoms with Gasteiger partial charge in [0.25, 0.3) is 0 Å². The van der Waals surface area contributed by atoms with Crippen molar-refractivity contribution >= 4 is 5.91 Å². The van der Waals surface area contributed by atoms with E-state index in [0.29, 0.717) is 12.0 Å². The lowest BCUT2D eigenvalue weighted by atomic mass is 10.0. The quantitative estimate of drug-likeness (QED) is 0.850. The molecule has 1 N–H and O–H groups in total. The maximum Gasteiger partial charge on any atom is 0.237 e. The first kappa shape index (κ1) is 13.2. The lowest BCUT2D eigenvalue weighted by molar-refractivity contribution is -0.123. The van der Waals surface area contributed by atoms with Crippen molar-refractivity contribution in [1.29, 1.82) is 5.26 Å². The highest BCUT2D eigenvalue weighted by molar-refractivity contribution is 5.80.